The number of nitrogens with zero attached hydrogens (tertiary/aromatic N) is 2. The van der Waals surface area contributed by atoms with E-state index in [2.05, 4.69) is 62.1 Å². The molecule has 1 fully saturated rings. The second-order valence-electron chi connectivity index (χ2n) is 10.3. The zero-order valence-corrected chi connectivity index (χ0v) is 19.4. The third kappa shape index (κ3) is 3.74. The first kappa shape index (κ1) is 22.3. The van der Waals surface area contributed by atoms with Crippen molar-refractivity contribution in [2.45, 2.75) is 76.7 Å². The van der Waals surface area contributed by atoms with Gasteiger partial charge in [-0.1, -0.05) is 63.2 Å². The van der Waals surface area contributed by atoms with Crippen LogP contribution in [0.4, 0.5) is 0 Å². The van der Waals surface area contributed by atoms with Crippen LogP contribution in [0.15, 0.2) is 47.8 Å². The standard InChI is InChI=1S/C27H30N2O3/c1-16-13-19-20(27(4,5)12-11-26(19,2)3)14-18(16)25(29-32)21-10-9-17(15-28-21)24-22(30)7-6-8-23(24)31/h9-15,24-25H,6-8H2,1-5H3. The normalized spacial score (nSPS) is 20.7. The molecule has 5 heteroatoms. The molecule has 1 aromatic heterocycles. The monoisotopic (exact) mass is 430 g/mol. The van der Waals surface area contributed by atoms with Gasteiger partial charge in [0.1, 0.15) is 17.5 Å². The van der Waals surface area contributed by atoms with Crippen LogP contribution >= 0.6 is 0 Å². The summed E-state index contributed by atoms with van der Waals surface area (Å²) in [5.74, 6) is -0.832. The molecule has 5 nitrogen and oxygen atoms in total. The van der Waals surface area contributed by atoms with Crippen molar-refractivity contribution < 1.29 is 9.59 Å². The van der Waals surface area contributed by atoms with Crippen molar-refractivity contribution in [3.05, 3.63) is 81.0 Å². The van der Waals surface area contributed by atoms with Crippen LogP contribution in [0, 0.1) is 11.8 Å². The highest BCUT2D eigenvalue weighted by Gasteiger charge is 2.35. The predicted molar refractivity (Wildman–Crippen MR) is 125 cm³/mol. The number of Topliss-reactive ketones (excluding diaryl/α,β-unsaturated/α-hetero) is 2. The second kappa shape index (κ2) is 7.88. The Morgan fingerprint density at radius 2 is 1.56 bits per heavy atom. The highest BCUT2D eigenvalue weighted by atomic mass is 16.3. The Balaban J connectivity index is 1.73. The Labute approximate surface area is 189 Å². The zero-order valence-electron chi connectivity index (χ0n) is 19.4. The number of nitroso groups, excluding NO2 is 1. The van der Waals surface area contributed by atoms with Gasteiger partial charge in [-0.2, -0.15) is 0 Å². The molecular weight excluding hydrogens is 400 g/mol. The van der Waals surface area contributed by atoms with E-state index in [1.165, 1.54) is 11.1 Å². The number of hydrogen-bond acceptors (Lipinski definition) is 5. The molecule has 1 atom stereocenters. The molecule has 1 aromatic carbocycles. The lowest BCUT2D eigenvalue weighted by atomic mass is 9.67. The lowest BCUT2D eigenvalue weighted by molar-refractivity contribution is -0.131. The highest BCUT2D eigenvalue weighted by molar-refractivity contribution is 6.09. The van der Waals surface area contributed by atoms with Crippen LogP contribution in [0.3, 0.4) is 0 Å². The summed E-state index contributed by atoms with van der Waals surface area (Å²) in [7, 11) is 0. The number of benzene rings is 1. The summed E-state index contributed by atoms with van der Waals surface area (Å²) in [6.45, 7) is 10.7. The molecule has 2 aliphatic rings. The molecule has 2 aliphatic carbocycles. The number of hydrogen-bond donors (Lipinski definition) is 0. The summed E-state index contributed by atoms with van der Waals surface area (Å²) in [5, 5.41) is 3.43. The molecule has 1 unspecified atom stereocenters. The molecule has 166 valence electrons. The highest BCUT2D eigenvalue weighted by Crippen LogP contribution is 2.44. The van der Waals surface area contributed by atoms with E-state index >= 15 is 0 Å². The molecule has 0 amide bonds. The zero-order chi connectivity index (χ0) is 23.3. The second-order valence-corrected chi connectivity index (χ2v) is 10.3. The predicted octanol–water partition coefficient (Wildman–Crippen LogP) is 5.78. The molecule has 0 spiro atoms. The molecule has 4 rings (SSSR count). The van der Waals surface area contributed by atoms with Gasteiger partial charge < -0.3 is 0 Å². The van der Waals surface area contributed by atoms with Gasteiger partial charge in [0, 0.05) is 29.9 Å². The Morgan fingerprint density at radius 3 is 2.09 bits per heavy atom. The Kier molecular flexibility index (Phi) is 5.48. The number of rotatable bonds is 4. The van der Waals surface area contributed by atoms with Crippen molar-refractivity contribution in [2.75, 3.05) is 0 Å². The van der Waals surface area contributed by atoms with Crippen LogP contribution in [0.5, 0.6) is 0 Å². The quantitative estimate of drug-likeness (QED) is 0.350. The smallest absolute Gasteiger partial charge is 0.159 e. The molecule has 2 aromatic rings. The van der Waals surface area contributed by atoms with Gasteiger partial charge in [0.15, 0.2) is 6.04 Å². The van der Waals surface area contributed by atoms with E-state index < -0.39 is 12.0 Å². The first-order valence-electron chi connectivity index (χ1n) is 11.2. The van der Waals surface area contributed by atoms with E-state index in [0.717, 1.165) is 11.1 Å². The minimum atomic E-state index is -0.753. The summed E-state index contributed by atoms with van der Waals surface area (Å²) < 4.78 is 0. The first-order valence-corrected chi connectivity index (χ1v) is 11.2. The molecule has 0 N–H and O–H groups in total. The molecule has 32 heavy (non-hydrogen) atoms. The third-order valence-electron chi connectivity index (χ3n) is 7.02. The molecular formula is C27H30N2O3. The van der Waals surface area contributed by atoms with E-state index in [4.69, 9.17) is 0 Å². The van der Waals surface area contributed by atoms with Crippen LogP contribution in [-0.2, 0) is 20.4 Å². The van der Waals surface area contributed by atoms with E-state index in [-0.39, 0.29) is 22.4 Å². The number of aromatic nitrogens is 1. The van der Waals surface area contributed by atoms with Crippen molar-refractivity contribution in [3.8, 4) is 0 Å². The Bertz CT molecular complexity index is 1110. The summed E-state index contributed by atoms with van der Waals surface area (Å²) in [6, 6.07) is 6.99. The van der Waals surface area contributed by atoms with Gasteiger partial charge in [-0.05, 0) is 47.2 Å². The van der Waals surface area contributed by atoms with Gasteiger partial charge >= 0.3 is 0 Å². The van der Waals surface area contributed by atoms with Crippen molar-refractivity contribution in [1.82, 2.24) is 4.98 Å². The van der Waals surface area contributed by atoms with Crippen LogP contribution < -0.4 is 0 Å². The lowest BCUT2D eigenvalue weighted by Crippen LogP contribution is -2.29. The Morgan fingerprint density at radius 1 is 0.969 bits per heavy atom. The summed E-state index contributed by atoms with van der Waals surface area (Å²) in [5.41, 5.74) is 5.16. The van der Waals surface area contributed by atoms with Gasteiger partial charge in [0.05, 0.1) is 5.69 Å². The maximum atomic E-state index is 12.3. The summed E-state index contributed by atoms with van der Waals surface area (Å²) >= 11 is 0. The largest absolute Gasteiger partial charge is 0.299 e. The number of pyridine rings is 1. The number of allylic oxidation sites excluding steroid dienone is 2. The van der Waals surface area contributed by atoms with Crippen molar-refractivity contribution in [1.29, 1.82) is 0 Å². The van der Waals surface area contributed by atoms with Crippen LogP contribution in [-0.4, -0.2) is 16.6 Å². The average Bonchev–Trinajstić information content (AvgIpc) is 2.74. The number of aryl methyl sites for hydroxylation is 1. The fraction of sp³-hybridized carbons (Fsp3) is 0.444. The average molecular weight is 431 g/mol. The third-order valence-corrected chi connectivity index (χ3v) is 7.02. The molecule has 0 bridgehead atoms. The number of carbonyl (C=O) groups is 2. The maximum Gasteiger partial charge on any atom is 0.159 e. The molecule has 0 aliphatic heterocycles. The van der Waals surface area contributed by atoms with Gasteiger partial charge in [-0.25, -0.2) is 0 Å². The van der Waals surface area contributed by atoms with Crippen LogP contribution in [0.2, 0.25) is 0 Å². The van der Waals surface area contributed by atoms with E-state index in [0.29, 0.717) is 30.5 Å². The summed E-state index contributed by atoms with van der Waals surface area (Å²) in [4.78, 5) is 41.0. The number of fused-ring (bicyclic) bond motifs is 1. The van der Waals surface area contributed by atoms with Gasteiger partial charge in [0.25, 0.3) is 0 Å². The van der Waals surface area contributed by atoms with E-state index in [1.54, 1.807) is 18.3 Å². The molecule has 0 saturated heterocycles. The number of carbonyl (C=O) groups excluding carboxylic acids is 2. The maximum absolute atomic E-state index is 12.3. The van der Waals surface area contributed by atoms with Crippen molar-refractivity contribution in [3.63, 3.8) is 0 Å². The van der Waals surface area contributed by atoms with E-state index in [9.17, 15) is 14.5 Å². The lowest BCUT2D eigenvalue weighted by Gasteiger charge is -2.37. The summed E-state index contributed by atoms with van der Waals surface area (Å²) in [6.07, 6.45) is 7.50. The SMILES string of the molecule is Cc1cc2c(cc1C(N=O)c1ccc(C3C(=O)CCCC3=O)cn1)C(C)(C)C=CC2(C)C. The fourth-order valence-electron chi connectivity index (χ4n) is 4.98. The minimum Gasteiger partial charge on any atom is -0.299 e. The van der Waals surface area contributed by atoms with Gasteiger partial charge in [0.2, 0.25) is 0 Å². The molecule has 1 heterocycles. The van der Waals surface area contributed by atoms with Gasteiger partial charge in [-0.15, -0.1) is 4.91 Å². The minimum absolute atomic E-state index is 0.0516. The van der Waals surface area contributed by atoms with Crippen molar-refractivity contribution >= 4 is 11.6 Å². The molecule has 0 radical (unpaired) electrons. The van der Waals surface area contributed by atoms with Crippen molar-refractivity contribution in [2.24, 2.45) is 5.18 Å². The van der Waals surface area contributed by atoms with E-state index in [1.807, 2.05) is 6.92 Å². The topological polar surface area (TPSA) is 76.5 Å². The molecule has 1 saturated carbocycles. The van der Waals surface area contributed by atoms with Crippen LogP contribution in [0.1, 0.15) is 92.4 Å². The first-order chi connectivity index (χ1) is 15.0. The van der Waals surface area contributed by atoms with Crippen LogP contribution in [0.25, 0.3) is 0 Å². The fourth-order valence-corrected chi connectivity index (χ4v) is 4.98. The Hall–Kier alpha value is -2.95. The van der Waals surface area contributed by atoms with Gasteiger partial charge in [-0.3, -0.25) is 14.6 Å². The number of ketones is 2.